The summed E-state index contributed by atoms with van der Waals surface area (Å²) in [5.41, 5.74) is 10.8. The smallest absolute Gasteiger partial charge is 0.294 e. The van der Waals surface area contributed by atoms with E-state index in [1.807, 2.05) is 45.0 Å². The third kappa shape index (κ3) is 3.24. The van der Waals surface area contributed by atoms with Gasteiger partial charge in [0.2, 0.25) is 0 Å². The van der Waals surface area contributed by atoms with Crippen molar-refractivity contribution in [2.24, 2.45) is 0 Å². The molecule has 2 heterocycles. The number of amides is 1. The summed E-state index contributed by atoms with van der Waals surface area (Å²) < 4.78 is 11.2. The molecule has 0 unspecified atom stereocenters. The van der Waals surface area contributed by atoms with E-state index in [1.165, 1.54) is 0 Å². The first-order valence-electron chi connectivity index (χ1n) is 9.02. The molecule has 1 amide bonds. The Kier molecular flexibility index (Phi) is 4.39. The summed E-state index contributed by atoms with van der Waals surface area (Å²) in [5.74, 6) is 1.26. The first kappa shape index (κ1) is 17.9. The molecule has 0 saturated carbocycles. The van der Waals surface area contributed by atoms with E-state index in [0.717, 1.165) is 22.4 Å². The summed E-state index contributed by atoms with van der Waals surface area (Å²) in [5, 5.41) is 3.99. The summed E-state index contributed by atoms with van der Waals surface area (Å²) in [6.45, 7) is 6.05. The highest BCUT2D eigenvalue weighted by molar-refractivity contribution is 6.10. The van der Waals surface area contributed by atoms with Gasteiger partial charge in [-0.15, -0.1) is 0 Å². The lowest BCUT2D eigenvalue weighted by Crippen LogP contribution is -2.37. The lowest BCUT2D eigenvalue weighted by atomic mass is 10.1. The first-order chi connectivity index (χ1) is 13.4. The summed E-state index contributed by atoms with van der Waals surface area (Å²) >= 11 is 0. The maximum absolute atomic E-state index is 13.3. The van der Waals surface area contributed by atoms with Crippen LogP contribution < -0.4 is 15.4 Å². The molecule has 0 aliphatic carbocycles. The number of aryl methyl sites for hydroxylation is 3. The van der Waals surface area contributed by atoms with Crippen molar-refractivity contribution >= 4 is 23.4 Å². The second-order valence-electron chi connectivity index (χ2n) is 6.95. The number of fused-ring (bicyclic) bond motifs is 1. The van der Waals surface area contributed by atoms with E-state index in [-0.39, 0.29) is 11.7 Å². The van der Waals surface area contributed by atoms with Crippen molar-refractivity contribution in [1.82, 2.24) is 5.16 Å². The van der Waals surface area contributed by atoms with Crippen molar-refractivity contribution in [1.29, 1.82) is 0 Å². The number of nitrogens with two attached hydrogens (primary N) is 1. The Bertz CT molecular complexity index is 1080. The number of nitrogen functional groups attached to an aromatic ring is 1. The van der Waals surface area contributed by atoms with Gasteiger partial charge in [-0.05, 0) is 44.5 Å². The number of carbonyl (C=O) groups excluding carboxylic acids is 1. The van der Waals surface area contributed by atoms with Crippen LogP contribution in [0.1, 0.15) is 28.1 Å². The van der Waals surface area contributed by atoms with Crippen LogP contribution in [0.15, 0.2) is 52.7 Å². The third-order valence-electron chi connectivity index (χ3n) is 4.79. The third-order valence-corrected chi connectivity index (χ3v) is 4.79. The first-order valence-corrected chi connectivity index (χ1v) is 9.02. The average molecular weight is 375 g/mol. The molecule has 1 aromatic heterocycles. The minimum absolute atomic E-state index is 0.223. The molecule has 0 bridgehead atoms. The van der Waals surface area contributed by atoms with Gasteiger partial charge < -0.3 is 15.0 Å². The zero-order chi connectivity index (χ0) is 19.8. The van der Waals surface area contributed by atoms with Gasteiger partial charge in [-0.3, -0.25) is 9.69 Å². The zero-order valence-corrected chi connectivity index (χ0v) is 16.0. The predicted molar refractivity (Wildman–Crippen MR) is 108 cm³/mol. The van der Waals surface area contributed by atoms with E-state index in [2.05, 4.69) is 5.16 Å². The highest BCUT2D eigenvalue weighted by Crippen LogP contribution is 2.38. The minimum atomic E-state index is -0.223. The standard InChI is InChI=1S/C22H21N3O3/c1-13-5-4-6-16(9-13)10-21-22(26)25(12-18-14(2)24-28-15(18)3)19-8-7-17(23)11-20(19)27-21/h4-11H,12,23H2,1-3H3/b21-10+. The van der Waals surface area contributed by atoms with Crippen LogP contribution in [0.2, 0.25) is 0 Å². The number of aromatic nitrogens is 1. The molecule has 0 spiro atoms. The molecule has 0 radical (unpaired) electrons. The largest absolute Gasteiger partial charge is 0.449 e. The van der Waals surface area contributed by atoms with E-state index < -0.39 is 0 Å². The number of anilines is 2. The number of rotatable bonds is 3. The van der Waals surface area contributed by atoms with E-state index in [0.29, 0.717) is 29.4 Å². The van der Waals surface area contributed by atoms with Crippen molar-refractivity contribution < 1.29 is 14.1 Å². The van der Waals surface area contributed by atoms with Gasteiger partial charge in [0.25, 0.3) is 5.91 Å². The van der Waals surface area contributed by atoms with Gasteiger partial charge in [0.1, 0.15) is 5.76 Å². The lowest BCUT2D eigenvalue weighted by Gasteiger charge is -2.30. The molecular formula is C22H21N3O3. The van der Waals surface area contributed by atoms with Gasteiger partial charge in [0, 0.05) is 17.3 Å². The van der Waals surface area contributed by atoms with Crippen LogP contribution in [-0.2, 0) is 11.3 Å². The quantitative estimate of drug-likeness (QED) is 0.549. The predicted octanol–water partition coefficient (Wildman–Crippen LogP) is 4.15. The van der Waals surface area contributed by atoms with Crippen LogP contribution in [0.4, 0.5) is 11.4 Å². The van der Waals surface area contributed by atoms with Gasteiger partial charge >= 0.3 is 0 Å². The number of ether oxygens (including phenoxy) is 1. The molecule has 2 aromatic carbocycles. The number of carbonyl (C=O) groups is 1. The minimum Gasteiger partial charge on any atom is -0.449 e. The number of hydrogen-bond donors (Lipinski definition) is 1. The molecule has 3 aromatic rings. The summed E-state index contributed by atoms with van der Waals surface area (Å²) in [6, 6.07) is 13.2. The van der Waals surface area contributed by atoms with Crippen molar-refractivity contribution in [2.75, 3.05) is 10.6 Å². The fourth-order valence-corrected chi connectivity index (χ4v) is 3.29. The van der Waals surface area contributed by atoms with Gasteiger partial charge in [0.15, 0.2) is 11.5 Å². The van der Waals surface area contributed by atoms with E-state index in [4.69, 9.17) is 15.0 Å². The normalized spacial score (nSPS) is 14.9. The Morgan fingerprint density at radius 1 is 1.14 bits per heavy atom. The Labute approximate surface area is 163 Å². The summed E-state index contributed by atoms with van der Waals surface area (Å²) in [4.78, 5) is 14.9. The van der Waals surface area contributed by atoms with Crippen LogP contribution in [0, 0.1) is 20.8 Å². The van der Waals surface area contributed by atoms with Crippen LogP contribution in [-0.4, -0.2) is 11.1 Å². The Balaban J connectivity index is 1.79. The zero-order valence-electron chi connectivity index (χ0n) is 16.0. The van der Waals surface area contributed by atoms with Crippen LogP contribution >= 0.6 is 0 Å². The van der Waals surface area contributed by atoms with Gasteiger partial charge in [0.05, 0.1) is 17.9 Å². The molecule has 6 nitrogen and oxygen atoms in total. The second-order valence-corrected chi connectivity index (χ2v) is 6.95. The molecule has 0 atom stereocenters. The number of nitrogens with zero attached hydrogens (tertiary/aromatic N) is 2. The highest BCUT2D eigenvalue weighted by Gasteiger charge is 2.32. The molecule has 0 fully saturated rings. The maximum atomic E-state index is 13.3. The average Bonchev–Trinajstić information content (AvgIpc) is 2.97. The molecule has 0 saturated heterocycles. The van der Waals surface area contributed by atoms with Crippen LogP contribution in [0.25, 0.3) is 6.08 Å². The SMILES string of the molecule is Cc1cccc(/C=C2/Oc3cc(N)ccc3N(Cc3c(C)noc3C)C2=O)c1. The number of benzene rings is 2. The van der Waals surface area contributed by atoms with E-state index in [1.54, 1.807) is 29.2 Å². The Hall–Kier alpha value is -3.54. The Morgan fingerprint density at radius 3 is 2.68 bits per heavy atom. The van der Waals surface area contributed by atoms with Gasteiger partial charge in [-0.2, -0.15) is 0 Å². The second kappa shape index (κ2) is 6.88. The van der Waals surface area contributed by atoms with Gasteiger partial charge in [-0.25, -0.2) is 0 Å². The van der Waals surface area contributed by atoms with Gasteiger partial charge in [-0.1, -0.05) is 35.0 Å². The topological polar surface area (TPSA) is 81.6 Å². The van der Waals surface area contributed by atoms with Crippen molar-refractivity contribution in [3.05, 3.63) is 76.4 Å². The molecule has 6 heteroatoms. The highest BCUT2D eigenvalue weighted by atomic mass is 16.5. The molecule has 4 rings (SSSR count). The fourth-order valence-electron chi connectivity index (χ4n) is 3.29. The fraction of sp³-hybridized carbons (Fsp3) is 0.182. The lowest BCUT2D eigenvalue weighted by molar-refractivity contribution is -0.117. The summed E-state index contributed by atoms with van der Waals surface area (Å²) in [6.07, 6.45) is 1.75. The molecule has 28 heavy (non-hydrogen) atoms. The molecule has 1 aliphatic heterocycles. The van der Waals surface area contributed by atoms with Crippen LogP contribution in [0.3, 0.4) is 0 Å². The van der Waals surface area contributed by atoms with E-state index in [9.17, 15) is 4.79 Å². The molecular weight excluding hydrogens is 354 g/mol. The molecule has 2 N–H and O–H groups in total. The molecule has 142 valence electrons. The van der Waals surface area contributed by atoms with E-state index >= 15 is 0 Å². The Morgan fingerprint density at radius 2 is 1.96 bits per heavy atom. The van der Waals surface area contributed by atoms with Crippen LogP contribution in [0.5, 0.6) is 5.75 Å². The number of hydrogen-bond acceptors (Lipinski definition) is 5. The molecule has 1 aliphatic rings. The monoisotopic (exact) mass is 375 g/mol. The van der Waals surface area contributed by atoms with Crippen molar-refractivity contribution in [2.45, 2.75) is 27.3 Å². The summed E-state index contributed by atoms with van der Waals surface area (Å²) in [7, 11) is 0. The van der Waals surface area contributed by atoms with Crippen molar-refractivity contribution in [3.63, 3.8) is 0 Å². The van der Waals surface area contributed by atoms with Crippen molar-refractivity contribution in [3.8, 4) is 5.75 Å². The maximum Gasteiger partial charge on any atom is 0.294 e.